The molecule has 0 radical (unpaired) electrons. The van der Waals surface area contributed by atoms with Crippen molar-refractivity contribution in [1.82, 2.24) is 0 Å². The predicted octanol–water partition coefficient (Wildman–Crippen LogP) is 2.98. The van der Waals surface area contributed by atoms with Gasteiger partial charge in [0.25, 0.3) is 0 Å². The van der Waals surface area contributed by atoms with Crippen LogP contribution in [-0.4, -0.2) is 22.1 Å². The van der Waals surface area contributed by atoms with Crippen LogP contribution in [0.1, 0.15) is 19.4 Å². The second-order valence-electron chi connectivity index (χ2n) is 3.80. The molecule has 0 spiro atoms. The minimum absolute atomic E-state index is 0.0395. The average molecular weight is 250 g/mol. The van der Waals surface area contributed by atoms with Crippen molar-refractivity contribution in [3.63, 3.8) is 0 Å². The molecule has 1 aromatic rings. The molecule has 0 aromatic heterocycles. The van der Waals surface area contributed by atoms with Crippen LogP contribution in [0, 0.1) is 5.92 Å². The van der Waals surface area contributed by atoms with Gasteiger partial charge in [0.15, 0.2) is 5.12 Å². The smallest absolute Gasteiger partial charge is 0.194 e. The van der Waals surface area contributed by atoms with Crippen molar-refractivity contribution in [1.29, 1.82) is 0 Å². The van der Waals surface area contributed by atoms with Crippen LogP contribution in [0.15, 0.2) is 36.4 Å². The number of benzene rings is 1. The Morgan fingerprint density at radius 2 is 2.06 bits per heavy atom. The van der Waals surface area contributed by atoms with Gasteiger partial charge in [-0.3, -0.25) is 4.79 Å². The van der Waals surface area contributed by atoms with Gasteiger partial charge in [0, 0.05) is 0 Å². The zero-order chi connectivity index (χ0) is 12.7. The predicted molar refractivity (Wildman–Crippen MR) is 73.8 cm³/mol. The van der Waals surface area contributed by atoms with E-state index in [-0.39, 0.29) is 11.0 Å². The van der Waals surface area contributed by atoms with E-state index < -0.39 is 6.10 Å². The van der Waals surface area contributed by atoms with Crippen LogP contribution in [0.5, 0.6) is 0 Å². The summed E-state index contributed by atoms with van der Waals surface area (Å²) in [5.74, 6) is 0.387. The van der Waals surface area contributed by atoms with Gasteiger partial charge in [-0.2, -0.15) is 0 Å². The zero-order valence-electron chi connectivity index (χ0n) is 10.2. The van der Waals surface area contributed by atoms with Crippen molar-refractivity contribution < 1.29 is 9.90 Å². The van der Waals surface area contributed by atoms with Crippen molar-refractivity contribution in [2.45, 2.75) is 20.0 Å². The topological polar surface area (TPSA) is 37.3 Å². The Kier molecular flexibility index (Phi) is 6.01. The fourth-order valence-electron chi connectivity index (χ4n) is 1.35. The van der Waals surface area contributed by atoms with Crippen LogP contribution in [0.25, 0.3) is 6.08 Å². The number of rotatable bonds is 5. The molecule has 92 valence electrons. The molecule has 0 bridgehead atoms. The third-order valence-electron chi connectivity index (χ3n) is 2.46. The highest BCUT2D eigenvalue weighted by Crippen LogP contribution is 2.16. The molecule has 2 atom stereocenters. The fraction of sp³-hybridized carbons (Fsp3) is 0.357. The SMILES string of the molecule is CCSC(=O)[C@H](C)[C@H](O)/C=C/c1ccccc1. The second-order valence-corrected chi connectivity index (χ2v) is 5.07. The van der Waals surface area contributed by atoms with Crippen LogP contribution in [0.2, 0.25) is 0 Å². The van der Waals surface area contributed by atoms with Crippen molar-refractivity contribution in [3.05, 3.63) is 42.0 Å². The number of hydrogen-bond donors (Lipinski definition) is 1. The Morgan fingerprint density at radius 3 is 2.65 bits per heavy atom. The maximum Gasteiger partial charge on any atom is 0.194 e. The van der Waals surface area contributed by atoms with E-state index >= 15 is 0 Å². The van der Waals surface area contributed by atoms with E-state index in [0.717, 1.165) is 11.3 Å². The van der Waals surface area contributed by atoms with Gasteiger partial charge in [0.05, 0.1) is 12.0 Å². The third kappa shape index (κ3) is 4.75. The summed E-state index contributed by atoms with van der Waals surface area (Å²) < 4.78 is 0. The van der Waals surface area contributed by atoms with Crippen molar-refractivity contribution in [3.8, 4) is 0 Å². The molecule has 2 nitrogen and oxygen atoms in total. The van der Waals surface area contributed by atoms with Crippen LogP contribution in [-0.2, 0) is 4.79 Å². The van der Waals surface area contributed by atoms with E-state index in [1.807, 2.05) is 43.3 Å². The van der Waals surface area contributed by atoms with Crippen molar-refractivity contribution in [2.75, 3.05) is 5.75 Å². The molecule has 3 heteroatoms. The van der Waals surface area contributed by atoms with Crippen molar-refractivity contribution >= 4 is 23.0 Å². The zero-order valence-corrected chi connectivity index (χ0v) is 11.0. The van der Waals surface area contributed by atoms with Gasteiger partial charge in [-0.25, -0.2) is 0 Å². The first kappa shape index (κ1) is 14.0. The molecule has 0 aliphatic heterocycles. The molecule has 1 rings (SSSR count). The van der Waals surface area contributed by atoms with Crippen LogP contribution < -0.4 is 0 Å². The molecule has 0 saturated heterocycles. The fourth-order valence-corrected chi connectivity index (χ4v) is 2.04. The van der Waals surface area contributed by atoms with Gasteiger partial charge in [-0.05, 0) is 11.3 Å². The minimum atomic E-state index is -0.721. The lowest BCUT2D eigenvalue weighted by Gasteiger charge is -2.13. The normalized spacial score (nSPS) is 14.8. The number of hydrogen-bond acceptors (Lipinski definition) is 3. The summed E-state index contributed by atoms with van der Waals surface area (Å²) in [6.07, 6.45) is 2.79. The van der Waals surface area contributed by atoms with Crippen molar-refractivity contribution in [2.24, 2.45) is 5.92 Å². The van der Waals surface area contributed by atoms with E-state index in [2.05, 4.69) is 0 Å². The molecule has 0 heterocycles. The van der Waals surface area contributed by atoms with Crippen LogP contribution in [0.3, 0.4) is 0 Å². The number of carbonyl (C=O) groups excluding carboxylic acids is 1. The summed E-state index contributed by atoms with van der Waals surface area (Å²) in [5.41, 5.74) is 1.02. The first-order chi connectivity index (χ1) is 8.15. The number of carbonyl (C=O) groups is 1. The Morgan fingerprint density at radius 1 is 1.41 bits per heavy atom. The lowest BCUT2D eigenvalue weighted by Crippen LogP contribution is -2.21. The van der Waals surface area contributed by atoms with E-state index in [1.54, 1.807) is 13.0 Å². The highest BCUT2D eigenvalue weighted by Gasteiger charge is 2.19. The summed E-state index contributed by atoms with van der Waals surface area (Å²) in [6.45, 7) is 3.69. The Hall–Kier alpha value is -1.06. The van der Waals surface area contributed by atoms with Crippen LogP contribution >= 0.6 is 11.8 Å². The first-order valence-electron chi connectivity index (χ1n) is 5.73. The highest BCUT2D eigenvalue weighted by atomic mass is 32.2. The lowest BCUT2D eigenvalue weighted by molar-refractivity contribution is -0.116. The number of aliphatic hydroxyl groups is 1. The molecule has 0 saturated carbocycles. The number of thioether (sulfide) groups is 1. The first-order valence-corrected chi connectivity index (χ1v) is 6.71. The van der Waals surface area contributed by atoms with Gasteiger partial charge < -0.3 is 5.11 Å². The largest absolute Gasteiger partial charge is 0.388 e. The van der Waals surface area contributed by atoms with E-state index in [0.29, 0.717) is 0 Å². The molecule has 0 unspecified atom stereocenters. The Bertz CT molecular complexity index is 373. The van der Waals surface area contributed by atoms with E-state index in [4.69, 9.17) is 0 Å². The lowest BCUT2D eigenvalue weighted by atomic mass is 10.1. The van der Waals surface area contributed by atoms with Gasteiger partial charge in [0.2, 0.25) is 0 Å². The summed E-state index contributed by atoms with van der Waals surface area (Å²) in [5, 5.41) is 9.89. The van der Waals surface area contributed by atoms with Gasteiger partial charge >= 0.3 is 0 Å². The maximum atomic E-state index is 11.6. The molecule has 0 amide bonds. The molecule has 1 N–H and O–H groups in total. The van der Waals surface area contributed by atoms with Gasteiger partial charge in [-0.15, -0.1) is 0 Å². The average Bonchev–Trinajstić information content (AvgIpc) is 2.36. The molecular weight excluding hydrogens is 232 g/mol. The molecular formula is C14H18O2S. The summed E-state index contributed by atoms with van der Waals surface area (Å²) in [7, 11) is 0. The Labute approximate surface area is 107 Å². The quantitative estimate of drug-likeness (QED) is 0.873. The van der Waals surface area contributed by atoms with Gasteiger partial charge in [0.1, 0.15) is 0 Å². The second kappa shape index (κ2) is 7.30. The van der Waals surface area contributed by atoms with E-state index in [9.17, 15) is 9.90 Å². The molecule has 1 aromatic carbocycles. The van der Waals surface area contributed by atoms with E-state index in [1.165, 1.54) is 11.8 Å². The van der Waals surface area contributed by atoms with Gasteiger partial charge in [-0.1, -0.05) is 68.1 Å². The highest BCUT2D eigenvalue weighted by molar-refractivity contribution is 8.13. The molecule has 17 heavy (non-hydrogen) atoms. The molecule has 0 aliphatic carbocycles. The Balaban J connectivity index is 2.57. The summed E-state index contributed by atoms with van der Waals surface area (Å²) in [6, 6.07) is 9.73. The standard InChI is InChI=1S/C14H18O2S/c1-3-17-14(16)11(2)13(15)10-9-12-7-5-4-6-8-12/h4-11,13,15H,3H2,1-2H3/b10-9+/t11-,13-/m1/s1. The minimum Gasteiger partial charge on any atom is -0.388 e. The monoisotopic (exact) mass is 250 g/mol. The van der Waals surface area contributed by atoms with Crippen LogP contribution in [0.4, 0.5) is 0 Å². The summed E-state index contributed by atoms with van der Waals surface area (Å²) in [4.78, 5) is 11.6. The number of aliphatic hydroxyl groups excluding tert-OH is 1. The maximum absolute atomic E-state index is 11.6. The molecule has 0 aliphatic rings. The summed E-state index contributed by atoms with van der Waals surface area (Å²) >= 11 is 1.26. The third-order valence-corrected chi connectivity index (χ3v) is 3.40. The molecule has 0 fully saturated rings.